The summed E-state index contributed by atoms with van der Waals surface area (Å²) < 4.78 is 0. The van der Waals surface area contributed by atoms with Crippen LogP contribution in [0.3, 0.4) is 0 Å². The molecule has 0 aromatic carbocycles. The van der Waals surface area contributed by atoms with Crippen molar-refractivity contribution in [2.75, 3.05) is 0 Å². The van der Waals surface area contributed by atoms with Crippen LogP contribution in [0.25, 0.3) is 6.08 Å². The highest BCUT2D eigenvalue weighted by Crippen LogP contribution is 1.92. The summed E-state index contributed by atoms with van der Waals surface area (Å²) in [5.74, 6) is 0. The van der Waals surface area contributed by atoms with Gasteiger partial charge in [0.05, 0.1) is 11.9 Å². The third-order valence-corrected chi connectivity index (χ3v) is 1.02. The van der Waals surface area contributed by atoms with Gasteiger partial charge < -0.3 is 5.21 Å². The second-order valence-electron chi connectivity index (χ2n) is 1.76. The van der Waals surface area contributed by atoms with Crippen LogP contribution in [0.4, 0.5) is 0 Å². The molecule has 0 atom stereocenters. The zero-order chi connectivity index (χ0) is 7.94. The van der Waals surface area contributed by atoms with E-state index in [9.17, 15) is 0 Å². The monoisotopic (exact) mass is 149 g/mol. The minimum Gasteiger partial charge on any atom is -0.411 e. The Kier molecular flexibility index (Phi) is 2.80. The molecule has 0 unspecified atom stereocenters. The van der Waals surface area contributed by atoms with Crippen LogP contribution in [-0.2, 0) is 0 Å². The fourth-order valence-electron chi connectivity index (χ4n) is 0.580. The van der Waals surface area contributed by atoms with Gasteiger partial charge in [-0.05, 0) is 18.2 Å². The van der Waals surface area contributed by atoms with E-state index in [0.29, 0.717) is 0 Å². The fourth-order valence-corrected chi connectivity index (χ4v) is 0.580. The molecule has 11 heavy (non-hydrogen) atoms. The summed E-state index contributed by atoms with van der Waals surface area (Å²) in [6.07, 6.45) is 7.66. The topological polar surface area (TPSA) is 58.4 Å². The van der Waals surface area contributed by atoms with E-state index in [1.165, 1.54) is 12.5 Å². The summed E-state index contributed by atoms with van der Waals surface area (Å²) in [6.45, 7) is 0. The standard InChI is InChI=1S/C7H7N3O/c11-10-4-1-2-7-3-5-8-6-9-7/h1-6,11H/b2-1+,10-4+. The summed E-state index contributed by atoms with van der Waals surface area (Å²) in [5.41, 5.74) is 0.778. The molecule has 0 aliphatic rings. The second-order valence-corrected chi connectivity index (χ2v) is 1.76. The minimum absolute atomic E-state index is 0.778. The van der Waals surface area contributed by atoms with Crippen molar-refractivity contribution in [1.29, 1.82) is 0 Å². The number of nitrogens with zero attached hydrogens (tertiary/aromatic N) is 3. The quantitative estimate of drug-likeness (QED) is 0.387. The summed E-state index contributed by atoms with van der Waals surface area (Å²) in [4.78, 5) is 7.65. The average Bonchev–Trinajstić information content (AvgIpc) is 2.07. The Hall–Kier alpha value is -1.71. The lowest BCUT2D eigenvalue weighted by Gasteiger charge is -1.85. The Balaban J connectivity index is 2.64. The molecule has 0 fully saturated rings. The van der Waals surface area contributed by atoms with Crippen LogP contribution >= 0.6 is 0 Å². The molecule has 1 aromatic heterocycles. The highest BCUT2D eigenvalue weighted by molar-refractivity contribution is 5.76. The van der Waals surface area contributed by atoms with E-state index < -0.39 is 0 Å². The molecule has 0 saturated carbocycles. The van der Waals surface area contributed by atoms with E-state index in [1.54, 1.807) is 24.4 Å². The van der Waals surface area contributed by atoms with E-state index in [4.69, 9.17) is 5.21 Å². The van der Waals surface area contributed by atoms with Crippen molar-refractivity contribution in [1.82, 2.24) is 9.97 Å². The Morgan fingerprint density at radius 3 is 3.09 bits per heavy atom. The van der Waals surface area contributed by atoms with Gasteiger partial charge in [-0.2, -0.15) is 0 Å². The molecular formula is C7H7N3O. The lowest BCUT2D eigenvalue weighted by atomic mass is 10.4. The van der Waals surface area contributed by atoms with Crippen molar-refractivity contribution in [3.05, 3.63) is 30.4 Å². The molecule has 0 aliphatic heterocycles. The Morgan fingerprint density at radius 1 is 1.55 bits per heavy atom. The molecule has 1 N–H and O–H groups in total. The third-order valence-electron chi connectivity index (χ3n) is 1.02. The molecule has 0 bridgehead atoms. The maximum Gasteiger partial charge on any atom is 0.115 e. The van der Waals surface area contributed by atoms with Crippen molar-refractivity contribution in [2.24, 2.45) is 5.16 Å². The smallest absolute Gasteiger partial charge is 0.115 e. The Morgan fingerprint density at radius 2 is 2.45 bits per heavy atom. The molecule has 0 radical (unpaired) electrons. The maximum atomic E-state index is 8.03. The summed E-state index contributed by atoms with van der Waals surface area (Å²) in [5, 5.41) is 10.8. The number of oxime groups is 1. The molecule has 0 saturated heterocycles. The van der Waals surface area contributed by atoms with E-state index in [-0.39, 0.29) is 0 Å². The van der Waals surface area contributed by atoms with Gasteiger partial charge in [0.15, 0.2) is 0 Å². The second kappa shape index (κ2) is 4.16. The number of rotatable bonds is 2. The van der Waals surface area contributed by atoms with Crippen molar-refractivity contribution >= 4 is 12.3 Å². The minimum atomic E-state index is 0.778. The van der Waals surface area contributed by atoms with E-state index in [1.807, 2.05) is 0 Å². The first-order chi connectivity index (χ1) is 5.43. The van der Waals surface area contributed by atoms with E-state index in [0.717, 1.165) is 5.69 Å². The average molecular weight is 149 g/mol. The molecular weight excluding hydrogens is 142 g/mol. The molecule has 1 heterocycles. The molecule has 56 valence electrons. The first-order valence-corrected chi connectivity index (χ1v) is 3.03. The van der Waals surface area contributed by atoms with E-state index in [2.05, 4.69) is 15.1 Å². The Labute approximate surface area is 63.9 Å². The van der Waals surface area contributed by atoms with Crippen LogP contribution in [-0.4, -0.2) is 21.4 Å². The molecule has 4 nitrogen and oxygen atoms in total. The third kappa shape index (κ3) is 2.57. The van der Waals surface area contributed by atoms with Crippen molar-refractivity contribution in [3.63, 3.8) is 0 Å². The van der Waals surface area contributed by atoms with Gasteiger partial charge in [-0.3, -0.25) is 0 Å². The first-order valence-electron chi connectivity index (χ1n) is 3.03. The van der Waals surface area contributed by atoms with Crippen LogP contribution in [0.1, 0.15) is 5.69 Å². The largest absolute Gasteiger partial charge is 0.411 e. The normalized spacial score (nSPS) is 11.3. The number of hydrogen-bond acceptors (Lipinski definition) is 4. The van der Waals surface area contributed by atoms with Crippen molar-refractivity contribution in [2.45, 2.75) is 0 Å². The van der Waals surface area contributed by atoms with Gasteiger partial charge in [0, 0.05) is 6.20 Å². The van der Waals surface area contributed by atoms with Crippen molar-refractivity contribution in [3.8, 4) is 0 Å². The molecule has 0 amide bonds. The highest BCUT2D eigenvalue weighted by Gasteiger charge is 1.81. The lowest BCUT2D eigenvalue weighted by Crippen LogP contribution is -1.79. The van der Waals surface area contributed by atoms with Crippen LogP contribution in [0.15, 0.2) is 29.8 Å². The highest BCUT2D eigenvalue weighted by atomic mass is 16.4. The fraction of sp³-hybridized carbons (Fsp3) is 0. The van der Waals surface area contributed by atoms with Gasteiger partial charge in [0.25, 0.3) is 0 Å². The Bertz CT molecular complexity index is 256. The van der Waals surface area contributed by atoms with Crippen LogP contribution in [0.5, 0.6) is 0 Å². The molecule has 0 spiro atoms. The predicted octanol–water partition coefficient (Wildman–Crippen LogP) is 0.950. The number of aromatic nitrogens is 2. The zero-order valence-electron chi connectivity index (χ0n) is 5.75. The van der Waals surface area contributed by atoms with Gasteiger partial charge in [-0.25, -0.2) is 9.97 Å². The van der Waals surface area contributed by atoms with Gasteiger partial charge in [-0.1, -0.05) is 5.16 Å². The van der Waals surface area contributed by atoms with Gasteiger partial charge >= 0.3 is 0 Å². The van der Waals surface area contributed by atoms with Gasteiger partial charge in [0.1, 0.15) is 6.33 Å². The van der Waals surface area contributed by atoms with Gasteiger partial charge in [-0.15, -0.1) is 0 Å². The van der Waals surface area contributed by atoms with Crippen molar-refractivity contribution < 1.29 is 5.21 Å². The van der Waals surface area contributed by atoms with Crippen LogP contribution in [0.2, 0.25) is 0 Å². The predicted molar refractivity (Wildman–Crippen MR) is 41.3 cm³/mol. The molecule has 1 aromatic rings. The molecule has 1 rings (SSSR count). The SMILES string of the molecule is O/N=C/C=C/c1ccncn1. The summed E-state index contributed by atoms with van der Waals surface area (Å²) >= 11 is 0. The molecule has 0 aliphatic carbocycles. The lowest BCUT2D eigenvalue weighted by molar-refractivity contribution is 0.322. The number of allylic oxidation sites excluding steroid dienone is 1. The number of hydrogen-bond donors (Lipinski definition) is 1. The molecule has 4 heteroatoms. The maximum absolute atomic E-state index is 8.03. The van der Waals surface area contributed by atoms with Crippen LogP contribution < -0.4 is 0 Å². The first kappa shape index (κ1) is 7.40. The summed E-state index contributed by atoms with van der Waals surface area (Å²) in [7, 11) is 0. The zero-order valence-corrected chi connectivity index (χ0v) is 5.75. The van der Waals surface area contributed by atoms with E-state index >= 15 is 0 Å². The summed E-state index contributed by atoms with van der Waals surface area (Å²) in [6, 6.07) is 1.75. The van der Waals surface area contributed by atoms with Gasteiger partial charge in [0.2, 0.25) is 0 Å². The van der Waals surface area contributed by atoms with Crippen LogP contribution in [0, 0.1) is 0 Å².